The lowest BCUT2D eigenvalue weighted by Crippen LogP contribution is -2.12. The summed E-state index contributed by atoms with van der Waals surface area (Å²) in [6.07, 6.45) is 1.59. The van der Waals surface area contributed by atoms with Crippen LogP contribution in [0.15, 0.2) is 79.0 Å². The molecule has 7 nitrogen and oxygen atoms in total. The number of nitrogens with one attached hydrogen (secondary N) is 2. The zero-order valence-electron chi connectivity index (χ0n) is 16.7. The van der Waals surface area contributed by atoms with Crippen molar-refractivity contribution in [2.75, 3.05) is 17.4 Å². The number of carbonyl (C=O) groups is 1. The fraction of sp³-hybridized carbons (Fsp3) is 0.0417. The molecule has 8 heteroatoms. The van der Waals surface area contributed by atoms with Crippen molar-refractivity contribution in [3.8, 4) is 22.9 Å². The molecule has 2 heterocycles. The zero-order valence-corrected chi connectivity index (χ0v) is 16.7. The van der Waals surface area contributed by atoms with Crippen LogP contribution < -0.4 is 20.1 Å². The Kier molecular flexibility index (Phi) is 5.09. The van der Waals surface area contributed by atoms with E-state index in [2.05, 4.69) is 20.6 Å². The molecule has 1 aromatic heterocycles. The minimum atomic E-state index is -0.356. The van der Waals surface area contributed by atoms with Gasteiger partial charge in [0.15, 0.2) is 17.3 Å². The van der Waals surface area contributed by atoms with Crippen molar-refractivity contribution in [1.29, 1.82) is 0 Å². The monoisotopic (exact) mass is 428 g/mol. The molecule has 1 aliphatic rings. The molecule has 0 saturated heterocycles. The second-order valence-corrected chi connectivity index (χ2v) is 7.00. The molecule has 0 spiro atoms. The third-order valence-corrected chi connectivity index (χ3v) is 4.77. The average Bonchev–Trinajstić information content (AvgIpc) is 3.27. The number of rotatable bonds is 5. The zero-order chi connectivity index (χ0) is 21.9. The van der Waals surface area contributed by atoms with Gasteiger partial charge in [0.2, 0.25) is 6.79 Å². The highest BCUT2D eigenvalue weighted by Crippen LogP contribution is 2.34. The van der Waals surface area contributed by atoms with E-state index in [-0.39, 0.29) is 18.5 Å². The Morgan fingerprint density at radius 3 is 2.69 bits per heavy atom. The molecule has 2 N–H and O–H groups in total. The van der Waals surface area contributed by atoms with Crippen LogP contribution in [0.3, 0.4) is 0 Å². The van der Waals surface area contributed by atoms with Gasteiger partial charge in [-0.3, -0.25) is 4.79 Å². The number of hydrogen-bond acceptors (Lipinski definition) is 6. The molecular formula is C24H17FN4O3. The van der Waals surface area contributed by atoms with Crippen LogP contribution in [-0.4, -0.2) is 22.7 Å². The Bertz CT molecular complexity index is 1310. The van der Waals surface area contributed by atoms with Crippen molar-refractivity contribution in [2.45, 2.75) is 0 Å². The summed E-state index contributed by atoms with van der Waals surface area (Å²) in [6.45, 7) is 0.171. The molecule has 0 fully saturated rings. The second kappa shape index (κ2) is 8.35. The number of carbonyl (C=O) groups excluding carboxylic acids is 1. The maximum Gasteiger partial charge on any atom is 0.255 e. The van der Waals surface area contributed by atoms with Crippen LogP contribution in [0.5, 0.6) is 11.5 Å². The van der Waals surface area contributed by atoms with Gasteiger partial charge >= 0.3 is 0 Å². The van der Waals surface area contributed by atoms with Crippen LogP contribution in [0.25, 0.3) is 11.4 Å². The molecule has 1 amide bonds. The summed E-state index contributed by atoms with van der Waals surface area (Å²) in [6, 6.07) is 20.0. The number of nitrogens with zero attached hydrogens (tertiary/aromatic N) is 2. The van der Waals surface area contributed by atoms with E-state index in [1.165, 1.54) is 12.1 Å². The van der Waals surface area contributed by atoms with Gasteiger partial charge in [0.25, 0.3) is 5.91 Å². The minimum Gasteiger partial charge on any atom is -0.454 e. The Balaban J connectivity index is 1.32. The predicted octanol–water partition coefficient (Wildman–Crippen LogP) is 5.01. The number of ether oxygens (including phenoxy) is 2. The van der Waals surface area contributed by atoms with E-state index < -0.39 is 0 Å². The van der Waals surface area contributed by atoms with Gasteiger partial charge in [-0.05, 0) is 48.5 Å². The highest BCUT2D eigenvalue weighted by Gasteiger charge is 2.15. The fourth-order valence-electron chi connectivity index (χ4n) is 3.26. The quantitative estimate of drug-likeness (QED) is 0.465. The van der Waals surface area contributed by atoms with Crippen LogP contribution in [0.2, 0.25) is 0 Å². The van der Waals surface area contributed by atoms with E-state index >= 15 is 0 Å². The summed E-state index contributed by atoms with van der Waals surface area (Å²) < 4.78 is 24.1. The number of benzene rings is 3. The lowest BCUT2D eigenvalue weighted by Gasteiger charge is -2.10. The topological polar surface area (TPSA) is 85.4 Å². The van der Waals surface area contributed by atoms with E-state index in [0.29, 0.717) is 45.6 Å². The Morgan fingerprint density at radius 2 is 1.78 bits per heavy atom. The molecule has 0 bridgehead atoms. The largest absolute Gasteiger partial charge is 0.454 e. The lowest BCUT2D eigenvalue weighted by molar-refractivity contribution is 0.102. The van der Waals surface area contributed by atoms with Crippen molar-refractivity contribution in [3.63, 3.8) is 0 Å². The number of aromatic nitrogens is 2. The minimum absolute atomic E-state index is 0.171. The molecule has 5 rings (SSSR count). The summed E-state index contributed by atoms with van der Waals surface area (Å²) in [7, 11) is 0. The van der Waals surface area contributed by atoms with Crippen LogP contribution in [-0.2, 0) is 0 Å². The van der Waals surface area contributed by atoms with E-state index in [0.717, 1.165) is 0 Å². The summed E-state index contributed by atoms with van der Waals surface area (Å²) in [5.41, 5.74) is 2.32. The molecule has 4 aromatic rings. The van der Waals surface area contributed by atoms with Gasteiger partial charge in [0.1, 0.15) is 11.6 Å². The molecule has 3 aromatic carbocycles. The molecule has 32 heavy (non-hydrogen) atoms. The third kappa shape index (κ3) is 4.20. The van der Waals surface area contributed by atoms with Crippen molar-refractivity contribution < 1.29 is 18.7 Å². The van der Waals surface area contributed by atoms with Gasteiger partial charge in [-0.2, -0.15) is 0 Å². The van der Waals surface area contributed by atoms with E-state index in [1.807, 2.05) is 6.07 Å². The number of halogens is 1. The standard InChI is InChI=1S/C24H17FN4O3/c25-17-5-1-3-15(11-17)23-26-10-9-22(29-23)27-18-6-2-4-16(12-18)24(30)28-19-7-8-20-21(13-19)32-14-31-20/h1-13H,14H2,(H,28,30)(H,26,27,29). The van der Waals surface area contributed by atoms with Crippen LogP contribution in [0.4, 0.5) is 21.6 Å². The fourth-order valence-corrected chi connectivity index (χ4v) is 3.26. The SMILES string of the molecule is O=C(Nc1ccc2c(c1)OCO2)c1cccc(Nc2ccnc(-c3cccc(F)c3)n2)c1. The number of amides is 1. The van der Waals surface area contributed by atoms with Crippen LogP contribution in [0, 0.1) is 5.82 Å². The first-order valence-corrected chi connectivity index (χ1v) is 9.81. The Labute approximate surface area is 182 Å². The number of anilines is 3. The van der Waals surface area contributed by atoms with E-state index in [9.17, 15) is 9.18 Å². The van der Waals surface area contributed by atoms with Crippen molar-refractivity contribution in [1.82, 2.24) is 9.97 Å². The van der Waals surface area contributed by atoms with Gasteiger partial charge in [0.05, 0.1) is 0 Å². The normalized spacial score (nSPS) is 11.8. The van der Waals surface area contributed by atoms with E-state index in [4.69, 9.17) is 9.47 Å². The molecule has 0 saturated carbocycles. The maximum absolute atomic E-state index is 13.5. The Morgan fingerprint density at radius 1 is 0.906 bits per heavy atom. The first kappa shape index (κ1) is 19.5. The highest BCUT2D eigenvalue weighted by molar-refractivity contribution is 6.05. The smallest absolute Gasteiger partial charge is 0.255 e. The summed E-state index contributed by atoms with van der Waals surface area (Å²) in [5.74, 6) is 1.54. The molecule has 0 atom stereocenters. The van der Waals surface area contributed by atoms with Gasteiger partial charge in [-0.25, -0.2) is 14.4 Å². The summed E-state index contributed by atoms with van der Waals surface area (Å²) in [5, 5.41) is 6.01. The lowest BCUT2D eigenvalue weighted by atomic mass is 10.1. The van der Waals surface area contributed by atoms with Gasteiger partial charge in [-0.1, -0.05) is 18.2 Å². The number of hydrogen-bond donors (Lipinski definition) is 2. The molecular weight excluding hydrogens is 411 g/mol. The van der Waals surface area contributed by atoms with Crippen molar-refractivity contribution in [3.05, 3.63) is 90.4 Å². The van der Waals surface area contributed by atoms with Gasteiger partial charge in [-0.15, -0.1) is 0 Å². The second-order valence-electron chi connectivity index (χ2n) is 7.00. The molecule has 0 radical (unpaired) electrons. The first-order chi connectivity index (χ1) is 15.6. The Hall–Kier alpha value is -4.46. The molecule has 0 aliphatic carbocycles. The molecule has 0 unspecified atom stereocenters. The highest BCUT2D eigenvalue weighted by atomic mass is 19.1. The van der Waals surface area contributed by atoms with Gasteiger partial charge in [0, 0.05) is 34.8 Å². The average molecular weight is 428 g/mol. The number of fused-ring (bicyclic) bond motifs is 1. The van der Waals surface area contributed by atoms with Gasteiger partial charge < -0.3 is 20.1 Å². The van der Waals surface area contributed by atoms with E-state index in [1.54, 1.807) is 60.8 Å². The van der Waals surface area contributed by atoms with Crippen LogP contribution >= 0.6 is 0 Å². The predicted molar refractivity (Wildman–Crippen MR) is 118 cm³/mol. The van der Waals surface area contributed by atoms with Crippen molar-refractivity contribution in [2.24, 2.45) is 0 Å². The molecule has 1 aliphatic heterocycles. The van der Waals surface area contributed by atoms with Crippen molar-refractivity contribution >= 4 is 23.1 Å². The first-order valence-electron chi connectivity index (χ1n) is 9.81. The summed E-state index contributed by atoms with van der Waals surface area (Å²) in [4.78, 5) is 21.4. The maximum atomic E-state index is 13.5. The third-order valence-electron chi connectivity index (χ3n) is 4.77. The van der Waals surface area contributed by atoms with Crippen LogP contribution in [0.1, 0.15) is 10.4 Å². The molecule has 158 valence electrons. The summed E-state index contributed by atoms with van der Waals surface area (Å²) >= 11 is 0.